The third kappa shape index (κ3) is 2.97. The van der Waals surface area contributed by atoms with Crippen LogP contribution in [0.2, 0.25) is 0 Å². The van der Waals surface area contributed by atoms with E-state index in [1.165, 1.54) is 32.2 Å². The molecule has 3 heterocycles. The van der Waals surface area contributed by atoms with Crippen molar-refractivity contribution in [1.82, 2.24) is 20.3 Å². The van der Waals surface area contributed by atoms with E-state index in [4.69, 9.17) is 0 Å². The third-order valence-corrected chi connectivity index (χ3v) is 4.53. The lowest BCUT2D eigenvalue weighted by atomic mass is 10.0. The van der Waals surface area contributed by atoms with E-state index in [1.807, 2.05) is 6.07 Å². The highest BCUT2D eigenvalue weighted by molar-refractivity contribution is 5.71. The molecular weight excluding hydrogens is 262 g/mol. The molecule has 1 aliphatic carbocycles. The zero-order chi connectivity index (χ0) is 14.1. The van der Waals surface area contributed by atoms with Crippen molar-refractivity contribution in [3.05, 3.63) is 24.5 Å². The maximum atomic E-state index is 4.64. The minimum Gasteiger partial charge on any atom is -0.356 e. The van der Waals surface area contributed by atoms with Crippen molar-refractivity contribution >= 4 is 17.0 Å². The van der Waals surface area contributed by atoms with Gasteiger partial charge in [-0.25, -0.2) is 9.97 Å². The maximum Gasteiger partial charge on any atom is 0.180 e. The standard InChI is InChI=1S/C16H21N5/c1-2-12(1)11-19-13-5-9-21(10-6-13)15-4-3-14-16(20-15)18-8-7-17-14/h3-4,7-8,12-13,19H,1-2,5-6,9-11H2. The van der Waals surface area contributed by atoms with Gasteiger partial charge in [0.2, 0.25) is 0 Å². The van der Waals surface area contributed by atoms with E-state index < -0.39 is 0 Å². The molecule has 1 saturated carbocycles. The fourth-order valence-electron chi connectivity index (χ4n) is 2.99. The van der Waals surface area contributed by atoms with Crippen molar-refractivity contribution in [2.75, 3.05) is 24.5 Å². The highest BCUT2D eigenvalue weighted by Crippen LogP contribution is 2.28. The normalized spacial score (nSPS) is 20.1. The lowest BCUT2D eigenvalue weighted by Gasteiger charge is -2.33. The molecule has 4 rings (SSSR count). The van der Waals surface area contributed by atoms with E-state index in [9.17, 15) is 0 Å². The molecule has 0 spiro atoms. The van der Waals surface area contributed by atoms with Crippen molar-refractivity contribution in [1.29, 1.82) is 0 Å². The van der Waals surface area contributed by atoms with Crippen molar-refractivity contribution in [3.63, 3.8) is 0 Å². The molecule has 21 heavy (non-hydrogen) atoms. The molecule has 1 aliphatic heterocycles. The lowest BCUT2D eigenvalue weighted by Crippen LogP contribution is -2.43. The monoisotopic (exact) mass is 283 g/mol. The number of nitrogens with zero attached hydrogens (tertiary/aromatic N) is 4. The predicted molar refractivity (Wildman–Crippen MR) is 83.3 cm³/mol. The zero-order valence-electron chi connectivity index (χ0n) is 12.2. The number of anilines is 1. The van der Waals surface area contributed by atoms with E-state index in [-0.39, 0.29) is 0 Å². The van der Waals surface area contributed by atoms with Crippen LogP contribution >= 0.6 is 0 Å². The second-order valence-corrected chi connectivity index (χ2v) is 6.18. The summed E-state index contributed by atoms with van der Waals surface area (Å²) in [6.45, 7) is 3.36. The third-order valence-electron chi connectivity index (χ3n) is 4.53. The second kappa shape index (κ2) is 5.56. The summed E-state index contributed by atoms with van der Waals surface area (Å²) in [5.74, 6) is 1.99. The Labute approximate surface area is 124 Å². The Morgan fingerprint density at radius 3 is 2.67 bits per heavy atom. The van der Waals surface area contributed by atoms with Gasteiger partial charge in [0.25, 0.3) is 0 Å². The highest BCUT2D eigenvalue weighted by Gasteiger charge is 2.24. The van der Waals surface area contributed by atoms with Gasteiger partial charge in [-0.15, -0.1) is 0 Å². The van der Waals surface area contributed by atoms with Crippen molar-refractivity contribution in [3.8, 4) is 0 Å². The Kier molecular flexibility index (Phi) is 3.43. The Bertz CT molecular complexity index is 617. The number of piperidine rings is 1. The Balaban J connectivity index is 1.39. The number of hydrogen-bond donors (Lipinski definition) is 1. The van der Waals surface area contributed by atoms with Gasteiger partial charge in [0.1, 0.15) is 11.3 Å². The van der Waals surface area contributed by atoms with Gasteiger partial charge in [-0.05, 0) is 50.3 Å². The molecule has 2 aromatic heterocycles. The fraction of sp³-hybridized carbons (Fsp3) is 0.562. The molecule has 1 saturated heterocycles. The van der Waals surface area contributed by atoms with Crippen molar-refractivity contribution in [2.24, 2.45) is 5.92 Å². The van der Waals surface area contributed by atoms with Gasteiger partial charge >= 0.3 is 0 Å². The Morgan fingerprint density at radius 1 is 1.05 bits per heavy atom. The molecule has 0 unspecified atom stereocenters. The summed E-state index contributed by atoms with van der Waals surface area (Å²) >= 11 is 0. The molecular formula is C16H21N5. The van der Waals surface area contributed by atoms with Crippen LogP contribution in [0.1, 0.15) is 25.7 Å². The minimum absolute atomic E-state index is 0.682. The van der Waals surface area contributed by atoms with Gasteiger partial charge in [-0.3, -0.25) is 4.98 Å². The zero-order valence-corrected chi connectivity index (χ0v) is 12.2. The van der Waals surface area contributed by atoms with E-state index in [1.54, 1.807) is 12.4 Å². The molecule has 110 valence electrons. The summed E-state index contributed by atoms with van der Waals surface area (Å²) in [4.78, 5) is 15.6. The van der Waals surface area contributed by atoms with Crippen molar-refractivity contribution in [2.45, 2.75) is 31.7 Å². The van der Waals surface area contributed by atoms with E-state index >= 15 is 0 Å². The molecule has 0 atom stereocenters. The molecule has 0 aromatic carbocycles. The molecule has 0 amide bonds. The van der Waals surface area contributed by atoms with Crippen LogP contribution in [0.3, 0.4) is 0 Å². The number of hydrogen-bond acceptors (Lipinski definition) is 5. The fourth-order valence-corrected chi connectivity index (χ4v) is 2.99. The van der Waals surface area contributed by atoms with Gasteiger partial charge in [0.15, 0.2) is 5.65 Å². The second-order valence-electron chi connectivity index (χ2n) is 6.18. The molecule has 1 N–H and O–H groups in total. The number of nitrogens with one attached hydrogen (secondary N) is 1. The van der Waals surface area contributed by atoms with Gasteiger partial charge in [0, 0.05) is 31.5 Å². The van der Waals surface area contributed by atoms with Crippen LogP contribution in [-0.4, -0.2) is 40.6 Å². The number of aromatic nitrogens is 3. The number of fused-ring (bicyclic) bond motifs is 1. The van der Waals surface area contributed by atoms with Crippen LogP contribution in [0.4, 0.5) is 5.82 Å². The van der Waals surface area contributed by atoms with Crippen LogP contribution in [-0.2, 0) is 0 Å². The predicted octanol–water partition coefficient (Wildman–Crippen LogP) is 1.99. The topological polar surface area (TPSA) is 53.9 Å². The van der Waals surface area contributed by atoms with E-state index in [0.29, 0.717) is 6.04 Å². The molecule has 0 radical (unpaired) electrons. The van der Waals surface area contributed by atoms with Gasteiger partial charge in [-0.1, -0.05) is 0 Å². The van der Waals surface area contributed by atoms with E-state index in [2.05, 4.69) is 31.2 Å². The number of pyridine rings is 1. The first-order valence-electron chi connectivity index (χ1n) is 7.94. The first-order valence-corrected chi connectivity index (χ1v) is 7.94. The SMILES string of the molecule is c1cnc2nc(N3CCC(NCC4CC4)CC3)ccc2n1. The molecule has 2 aromatic rings. The summed E-state index contributed by atoms with van der Waals surface area (Å²) < 4.78 is 0. The highest BCUT2D eigenvalue weighted by atomic mass is 15.2. The van der Waals surface area contributed by atoms with Crippen LogP contribution in [0.5, 0.6) is 0 Å². The van der Waals surface area contributed by atoms with Crippen molar-refractivity contribution < 1.29 is 0 Å². The van der Waals surface area contributed by atoms with Gasteiger partial charge < -0.3 is 10.2 Å². The quantitative estimate of drug-likeness (QED) is 0.930. The average Bonchev–Trinajstić information content (AvgIpc) is 3.37. The van der Waals surface area contributed by atoms with Crippen LogP contribution in [0, 0.1) is 5.92 Å². The Morgan fingerprint density at radius 2 is 1.86 bits per heavy atom. The summed E-state index contributed by atoms with van der Waals surface area (Å²) in [6.07, 6.45) is 8.66. The van der Waals surface area contributed by atoms with Crippen LogP contribution < -0.4 is 10.2 Å². The maximum absolute atomic E-state index is 4.64. The minimum atomic E-state index is 0.682. The molecule has 2 aliphatic rings. The smallest absolute Gasteiger partial charge is 0.180 e. The summed E-state index contributed by atoms with van der Waals surface area (Å²) in [5, 5.41) is 3.72. The lowest BCUT2D eigenvalue weighted by molar-refractivity contribution is 0.408. The molecule has 5 heteroatoms. The largest absolute Gasteiger partial charge is 0.356 e. The average molecular weight is 283 g/mol. The molecule has 5 nitrogen and oxygen atoms in total. The van der Waals surface area contributed by atoms with E-state index in [0.717, 1.165) is 36.0 Å². The summed E-state index contributed by atoms with van der Waals surface area (Å²) in [6, 6.07) is 4.76. The number of rotatable bonds is 4. The Hall–Kier alpha value is -1.75. The first-order chi connectivity index (χ1) is 10.4. The van der Waals surface area contributed by atoms with Gasteiger partial charge in [-0.2, -0.15) is 0 Å². The van der Waals surface area contributed by atoms with Crippen LogP contribution in [0.25, 0.3) is 11.2 Å². The molecule has 2 fully saturated rings. The summed E-state index contributed by atoms with van der Waals surface area (Å²) in [5.41, 5.74) is 1.60. The molecule has 0 bridgehead atoms. The van der Waals surface area contributed by atoms with Gasteiger partial charge in [0.05, 0.1) is 0 Å². The van der Waals surface area contributed by atoms with Crippen LogP contribution in [0.15, 0.2) is 24.5 Å². The summed E-state index contributed by atoms with van der Waals surface area (Å²) in [7, 11) is 0. The first kappa shape index (κ1) is 13.0.